The Balaban J connectivity index is 2.16. The molecule has 2 aromatic rings. The molecule has 0 aliphatic heterocycles. The van der Waals surface area contributed by atoms with Gasteiger partial charge in [-0.05, 0) is 11.6 Å². The summed E-state index contributed by atoms with van der Waals surface area (Å²) in [6.45, 7) is 0.389. The molecular weight excluding hydrogens is 236 g/mol. The number of nitrogens with two attached hydrogens (primary N) is 1. The first kappa shape index (κ1) is 12.5. The lowest BCUT2D eigenvalue weighted by Crippen LogP contribution is -2.04. The van der Waals surface area contributed by atoms with Crippen molar-refractivity contribution in [2.75, 3.05) is 0 Å². The fourth-order valence-electron chi connectivity index (χ4n) is 1.60. The molecule has 94 valence electrons. The number of hydrogen-bond acceptors (Lipinski definition) is 2. The third-order valence-corrected chi connectivity index (χ3v) is 2.56. The van der Waals surface area contributed by atoms with Gasteiger partial charge in [0, 0.05) is 18.2 Å². The van der Waals surface area contributed by atoms with Crippen LogP contribution in [0.5, 0.6) is 5.75 Å². The molecule has 0 saturated carbocycles. The highest BCUT2D eigenvalue weighted by atomic mass is 19.2. The van der Waals surface area contributed by atoms with Crippen molar-refractivity contribution in [3.63, 3.8) is 0 Å². The lowest BCUT2D eigenvalue weighted by molar-refractivity contribution is 0.300. The monoisotopic (exact) mass is 249 g/mol. The average molecular weight is 249 g/mol. The first-order valence-electron chi connectivity index (χ1n) is 5.55. The van der Waals surface area contributed by atoms with Crippen molar-refractivity contribution < 1.29 is 13.5 Å². The maximum Gasteiger partial charge on any atom is 0.162 e. The molecule has 0 saturated heterocycles. The maximum atomic E-state index is 13.1. The summed E-state index contributed by atoms with van der Waals surface area (Å²) in [7, 11) is 0. The number of benzene rings is 2. The zero-order chi connectivity index (χ0) is 13.0. The van der Waals surface area contributed by atoms with Gasteiger partial charge in [0.15, 0.2) is 11.6 Å². The highest BCUT2D eigenvalue weighted by Crippen LogP contribution is 2.23. The predicted molar refractivity (Wildman–Crippen MR) is 65.0 cm³/mol. The van der Waals surface area contributed by atoms with E-state index >= 15 is 0 Å². The summed E-state index contributed by atoms with van der Waals surface area (Å²) >= 11 is 0. The van der Waals surface area contributed by atoms with Crippen LogP contribution in [0, 0.1) is 11.6 Å². The molecule has 0 spiro atoms. The van der Waals surface area contributed by atoms with Crippen LogP contribution >= 0.6 is 0 Å². The molecule has 0 heterocycles. The molecule has 0 radical (unpaired) electrons. The van der Waals surface area contributed by atoms with E-state index in [-0.39, 0.29) is 12.3 Å². The molecule has 0 aromatic heterocycles. The Morgan fingerprint density at radius 3 is 2.33 bits per heavy atom. The third-order valence-electron chi connectivity index (χ3n) is 2.56. The fourth-order valence-corrected chi connectivity index (χ4v) is 1.60. The summed E-state index contributed by atoms with van der Waals surface area (Å²) in [5, 5.41) is 0. The smallest absolute Gasteiger partial charge is 0.162 e. The van der Waals surface area contributed by atoms with Gasteiger partial charge in [-0.1, -0.05) is 30.3 Å². The van der Waals surface area contributed by atoms with E-state index in [0.717, 1.165) is 17.7 Å². The summed E-state index contributed by atoms with van der Waals surface area (Å²) in [6, 6.07) is 11.5. The molecule has 0 fully saturated rings. The molecule has 0 bridgehead atoms. The summed E-state index contributed by atoms with van der Waals surface area (Å²) in [6.07, 6.45) is 0. The lowest BCUT2D eigenvalue weighted by Gasteiger charge is -2.11. The molecule has 2 rings (SSSR count). The van der Waals surface area contributed by atoms with E-state index in [1.54, 1.807) is 0 Å². The Hall–Kier alpha value is -1.94. The van der Waals surface area contributed by atoms with Crippen molar-refractivity contribution in [1.29, 1.82) is 0 Å². The van der Waals surface area contributed by atoms with Crippen LogP contribution in [0.2, 0.25) is 0 Å². The van der Waals surface area contributed by atoms with Gasteiger partial charge in [0.1, 0.15) is 12.4 Å². The Bertz CT molecular complexity index is 529. The Morgan fingerprint density at radius 2 is 1.67 bits per heavy atom. The van der Waals surface area contributed by atoms with E-state index in [1.807, 2.05) is 30.3 Å². The molecular formula is C14H13F2NO. The molecule has 0 aliphatic rings. The zero-order valence-electron chi connectivity index (χ0n) is 9.70. The van der Waals surface area contributed by atoms with Gasteiger partial charge in [0.25, 0.3) is 0 Å². The molecule has 0 aliphatic carbocycles. The van der Waals surface area contributed by atoms with Gasteiger partial charge in [-0.25, -0.2) is 8.78 Å². The van der Waals surface area contributed by atoms with Crippen LogP contribution in [0.15, 0.2) is 42.5 Å². The SMILES string of the molecule is NCc1cc(F)c(F)cc1OCc1ccccc1. The van der Waals surface area contributed by atoms with Gasteiger partial charge < -0.3 is 10.5 Å². The Kier molecular flexibility index (Phi) is 3.89. The van der Waals surface area contributed by atoms with E-state index < -0.39 is 11.6 Å². The fraction of sp³-hybridized carbons (Fsp3) is 0.143. The molecule has 18 heavy (non-hydrogen) atoms. The number of hydrogen-bond donors (Lipinski definition) is 1. The van der Waals surface area contributed by atoms with Crippen LogP contribution in [0.1, 0.15) is 11.1 Å². The van der Waals surface area contributed by atoms with Crippen molar-refractivity contribution >= 4 is 0 Å². The second-order valence-corrected chi connectivity index (χ2v) is 3.85. The summed E-state index contributed by atoms with van der Waals surface area (Å²) < 4.78 is 31.6. The van der Waals surface area contributed by atoms with E-state index in [9.17, 15) is 8.78 Å². The number of halogens is 2. The first-order valence-corrected chi connectivity index (χ1v) is 5.55. The standard InChI is InChI=1S/C14H13F2NO/c15-12-6-11(8-17)14(7-13(12)16)18-9-10-4-2-1-3-5-10/h1-7H,8-9,17H2. The van der Waals surface area contributed by atoms with Crippen LogP contribution < -0.4 is 10.5 Å². The summed E-state index contributed by atoms with van der Waals surface area (Å²) in [5.41, 5.74) is 6.87. The number of ether oxygens (including phenoxy) is 1. The maximum absolute atomic E-state index is 13.1. The quantitative estimate of drug-likeness (QED) is 0.904. The average Bonchev–Trinajstić information content (AvgIpc) is 2.41. The minimum Gasteiger partial charge on any atom is -0.488 e. The van der Waals surface area contributed by atoms with Crippen molar-refractivity contribution in [2.45, 2.75) is 13.2 Å². The van der Waals surface area contributed by atoms with E-state index in [4.69, 9.17) is 10.5 Å². The van der Waals surface area contributed by atoms with Gasteiger partial charge in [-0.2, -0.15) is 0 Å². The number of rotatable bonds is 4. The first-order chi connectivity index (χ1) is 8.70. The third kappa shape index (κ3) is 2.84. The molecule has 0 unspecified atom stereocenters. The second kappa shape index (κ2) is 5.60. The minimum atomic E-state index is -0.935. The summed E-state index contributed by atoms with van der Waals surface area (Å²) in [4.78, 5) is 0. The van der Waals surface area contributed by atoms with Crippen LogP contribution in [-0.4, -0.2) is 0 Å². The minimum absolute atomic E-state index is 0.0985. The van der Waals surface area contributed by atoms with E-state index in [0.29, 0.717) is 12.2 Å². The van der Waals surface area contributed by atoms with Crippen LogP contribution in [0.3, 0.4) is 0 Å². The normalized spacial score (nSPS) is 10.4. The second-order valence-electron chi connectivity index (χ2n) is 3.85. The zero-order valence-corrected chi connectivity index (χ0v) is 9.70. The topological polar surface area (TPSA) is 35.2 Å². The lowest BCUT2D eigenvalue weighted by atomic mass is 10.2. The Labute approximate surface area is 104 Å². The predicted octanol–water partition coefficient (Wildman–Crippen LogP) is 3.00. The van der Waals surface area contributed by atoms with Crippen molar-refractivity contribution in [2.24, 2.45) is 5.73 Å². The van der Waals surface area contributed by atoms with Crippen molar-refractivity contribution in [3.8, 4) is 5.75 Å². The van der Waals surface area contributed by atoms with Gasteiger partial charge in [-0.15, -0.1) is 0 Å². The van der Waals surface area contributed by atoms with Crippen molar-refractivity contribution in [3.05, 3.63) is 65.2 Å². The highest BCUT2D eigenvalue weighted by Gasteiger charge is 2.10. The molecule has 4 heteroatoms. The Morgan fingerprint density at radius 1 is 1.00 bits per heavy atom. The largest absolute Gasteiger partial charge is 0.488 e. The van der Waals surface area contributed by atoms with E-state index in [1.165, 1.54) is 0 Å². The van der Waals surface area contributed by atoms with Gasteiger partial charge in [-0.3, -0.25) is 0 Å². The van der Waals surface area contributed by atoms with Gasteiger partial charge >= 0.3 is 0 Å². The van der Waals surface area contributed by atoms with E-state index in [2.05, 4.69) is 0 Å². The summed E-state index contributed by atoms with van der Waals surface area (Å²) in [5.74, 6) is -1.57. The molecule has 0 amide bonds. The van der Waals surface area contributed by atoms with Gasteiger partial charge in [0.2, 0.25) is 0 Å². The van der Waals surface area contributed by atoms with Crippen LogP contribution in [0.4, 0.5) is 8.78 Å². The van der Waals surface area contributed by atoms with Crippen LogP contribution in [-0.2, 0) is 13.2 Å². The van der Waals surface area contributed by atoms with Crippen LogP contribution in [0.25, 0.3) is 0 Å². The molecule has 2 aromatic carbocycles. The molecule has 0 atom stereocenters. The molecule has 2 nitrogen and oxygen atoms in total. The van der Waals surface area contributed by atoms with Crippen molar-refractivity contribution in [1.82, 2.24) is 0 Å². The highest BCUT2D eigenvalue weighted by molar-refractivity contribution is 5.35. The molecule has 2 N–H and O–H groups in total. The van der Waals surface area contributed by atoms with Gasteiger partial charge in [0.05, 0.1) is 0 Å².